The number of fused-ring (bicyclic) bond motifs is 1. The number of ketones is 2. The van der Waals surface area contributed by atoms with Crippen LogP contribution in [0.25, 0.3) is 5.57 Å². The van der Waals surface area contributed by atoms with Gasteiger partial charge in [0.15, 0.2) is 11.6 Å². The number of hydrogen-bond donors (Lipinski definition) is 11. The minimum Gasteiger partial charge on any atom is -0.508 e. The molecule has 1 fully saturated rings. The first kappa shape index (κ1) is 76.7. The van der Waals surface area contributed by atoms with E-state index >= 15 is 14.4 Å². The SMILES string of the molecule is C[C@@H](O)[C@H](NC(=O)[C@@H]1CSSC[C@H](NC(=O)[C@@H](Cc2ccccc2)NC(=O)OC(C)(C)C)C(=O)C[C@@H](Cc2ccc(O)cc2)C(=O)N[C@H](CC2=CCc3ccccc32)C(=O)N[C@@H](CCCCNC(=O)OC(C)(C)C)C(=O)N[C@@H]([C@@H](C)O)C(=O)N1)C(=O)CCCCN1CC=CC1=O. The van der Waals surface area contributed by atoms with E-state index in [-0.39, 0.29) is 74.7 Å². The number of hydrogen-bond acceptors (Lipinski definition) is 18. The van der Waals surface area contributed by atoms with Gasteiger partial charge >= 0.3 is 12.2 Å². The van der Waals surface area contributed by atoms with E-state index in [1.54, 1.807) is 95.0 Å². The maximum Gasteiger partial charge on any atom is 0.408 e. The van der Waals surface area contributed by atoms with Crippen molar-refractivity contribution in [2.24, 2.45) is 5.92 Å². The maximum absolute atomic E-state index is 15.3. The molecular formula is C69H93N9O16S2. The number of nitrogens with zero attached hydrogens (tertiary/aromatic N) is 1. The van der Waals surface area contributed by atoms with Crippen LogP contribution in [0.4, 0.5) is 9.59 Å². The number of alkyl carbamates (subject to hydrolysis) is 2. The Balaban J connectivity index is 1.41. The lowest BCUT2D eigenvalue weighted by Gasteiger charge is -2.29. The summed E-state index contributed by atoms with van der Waals surface area (Å²) in [6.07, 6.45) is 0.911. The van der Waals surface area contributed by atoms with Crippen molar-refractivity contribution in [1.82, 2.24) is 47.4 Å². The number of aliphatic hydroxyl groups is 2. The minimum atomic E-state index is -1.82. The number of amides is 9. The number of nitrogens with one attached hydrogen (secondary N) is 8. The summed E-state index contributed by atoms with van der Waals surface area (Å²) in [4.78, 5) is 158. The van der Waals surface area contributed by atoms with E-state index < -0.39 is 137 Å². The molecule has 0 bridgehead atoms. The van der Waals surface area contributed by atoms with Crippen molar-refractivity contribution >= 4 is 92.3 Å². The first-order valence-electron chi connectivity index (χ1n) is 32.4. The van der Waals surface area contributed by atoms with Gasteiger partial charge in [0.05, 0.1) is 18.2 Å². The zero-order chi connectivity index (χ0) is 70.3. The van der Waals surface area contributed by atoms with Gasteiger partial charge in [0.2, 0.25) is 41.4 Å². The lowest BCUT2D eigenvalue weighted by molar-refractivity contribution is -0.137. The molecule has 0 aromatic heterocycles. The van der Waals surface area contributed by atoms with Crippen molar-refractivity contribution < 1.29 is 77.5 Å². The standard InChI is InChI=1S/C69H93N9O16S2/c1-41(79)58(55(82)24-15-17-33-78-34-18-25-57(78)84)76-64(89)54-40-96-95-39-53(73-62(87)51(36-43-19-10-9-11-20-43)75-67(92)94-69(6,7)8)56(83)38-47(35-44-26-30-48(81)31-27-44)60(85)72-52(37-46-29-28-45-21-12-13-22-49(45)46)63(88)71-50(61(86)77-59(42(2)80)65(90)74-54)23-14-16-32-70-66(91)93-68(3,4)5/h9-13,18-22,25-27,29-31,41-42,47,50-54,58-59,79-81H,14-17,23-24,28,32-40H2,1-8H3,(H,70,91)(H,71,88)(H,72,85)(H,73,87)(H,74,90)(H,75,92)(H,76,89)(H,77,86)/t41-,42-,47-,50+,51-,52-,53+,54+,58+,59+/m1/s1. The highest BCUT2D eigenvalue weighted by Crippen LogP contribution is 2.32. The topological polar surface area (TPSA) is 366 Å². The molecule has 3 aliphatic rings. The Kier molecular flexibility index (Phi) is 29.4. The van der Waals surface area contributed by atoms with Crippen molar-refractivity contribution in [3.63, 3.8) is 0 Å². The summed E-state index contributed by atoms with van der Waals surface area (Å²) in [6.45, 7) is 13.4. The molecule has 10 atom stereocenters. The number of carbonyl (C=O) groups excluding carboxylic acids is 11. The number of phenolic OH excluding ortho intramolecular Hbond substituents is 1. The molecule has 0 radical (unpaired) electrons. The fraction of sp³-hybridized carbons (Fsp3) is 0.522. The van der Waals surface area contributed by atoms with Crippen molar-refractivity contribution in [1.29, 1.82) is 0 Å². The Bertz CT molecular complexity index is 3280. The number of ether oxygens (including phenoxy) is 2. The first-order valence-corrected chi connectivity index (χ1v) is 34.9. The predicted octanol–water partition coefficient (Wildman–Crippen LogP) is 4.57. The first-order chi connectivity index (χ1) is 45.4. The Morgan fingerprint density at radius 1 is 0.698 bits per heavy atom. The molecule has 1 aliphatic carbocycles. The Morgan fingerprint density at radius 2 is 1.35 bits per heavy atom. The fourth-order valence-corrected chi connectivity index (χ4v) is 13.2. The van der Waals surface area contributed by atoms with Crippen LogP contribution in [0.3, 0.4) is 0 Å². The summed E-state index contributed by atoms with van der Waals surface area (Å²) in [7, 11) is 1.91. The monoisotopic (exact) mass is 1370 g/mol. The van der Waals surface area contributed by atoms with E-state index in [9.17, 15) is 53.7 Å². The normalized spacial score (nSPS) is 21.3. The average molecular weight is 1370 g/mol. The molecule has 0 unspecified atom stereocenters. The van der Waals surface area contributed by atoms with Crippen LogP contribution in [0.1, 0.15) is 129 Å². The molecular weight excluding hydrogens is 1270 g/mol. The van der Waals surface area contributed by atoms with Gasteiger partial charge in [-0.05, 0) is 140 Å². The lowest BCUT2D eigenvalue weighted by atomic mass is 9.90. The molecule has 2 aliphatic heterocycles. The van der Waals surface area contributed by atoms with E-state index in [0.717, 1.165) is 32.7 Å². The molecule has 3 aromatic carbocycles. The van der Waals surface area contributed by atoms with Gasteiger partial charge in [-0.1, -0.05) is 100 Å². The maximum atomic E-state index is 15.3. The molecule has 522 valence electrons. The number of phenols is 1. The fourth-order valence-electron chi connectivity index (χ4n) is 10.8. The number of rotatable bonds is 24. The number of Topliss-reactive ketones (excluding diaryl/α,β-unsaturated/α-hetero) is 2. The molecule has 3 aromatic rings. The van der Waals surface area contributed by atoms with E-state index in [0.29, 0.717) is 49.1 Å². The number of unbranched alkanes of at least 4 members (excludes halogenated alkanes) is 2. The van der Waals surface area contributed by atoms with Gasteiger partial charge in [-0.25, -0.2) is 9.59 Å². The van der Waals surface area contributed by atoms with Crippen molar-refractivity contribution in [2.75, 3.05) is 31.1 Å². The molecule has 96 heavy (non-hydrogen) atoms. The second-order valence-corrected chi connectivity index (χ2v) is 28.8. The molecule has 0 spiro atoms. The lowest BCUT2D eigenvalue weighted by Crippen LogP contribution is -2.62. The summed E-state index contributed by atoms with van der Waals surface area (Å²) >= 11 is 0. The molecule has 9 amide bonds. The zero-order valence-electron chi connectivity index (χ0n) is 55.7. The molecule has 2 heterocycles. The van der Waals surface area contributed by atoms with Crippen molar-refractivity contribution in [3.8, 4) is 5.75 Å². The van der Waals surface area contributed by atoms with Crippen LogP contribution in [-0.4, -0.2) is 182 Å². The van der Waals surface area contributed by atoms with Gasteiger partial charge in [0, 0.05) is 68.8 Å². The number of allylic oxidation sites excluding steroid dienone is 1. The van der Waals surface area contributed by atoms with Crippen LogP contribution >= 0.6 is 21.6 Å². The van der Waals surface area contributed by atoms with Crippen LogP contribution in [-0.2, 0) is 71.9 Å². The third-order valence-electron chi connectivity index (χ3n) is 15.8. The summed E-state index contributed by atoms with van der Waals surface area (Å²) in [5, 5.41) is 54.1. The van der Waals surface area contributed by atoms with Crippen molar-refractivity contribution in [3.05, 3.63) is 119 Å². The van der Waals surface area contributed by atoms with Crippen LogP contribution in [0.15, 0.2) is 97.1 Å². The smallest absolute Gasteiger partial charge is 0.408 e. The van der Waals surface area contributed by atoms with Crippen molar-refractivity contribution in [2.45, 2.75) is 192 Å². The second-order valence-electron chi connectivity index (χ2n) is 26.2. The van der Waals surface area contributed by atoms with Gasteiger partial charge < -0.3 is 72.2 Å². The van der Waals surface area contributed by atoms with Gasteiger partial charge in [-0.3, -0.25) is 43.2 Å². The minimum absolute atomic E-state index is 0.0607. The summed E-state index contributed by atoms with van der Waals surface area (Å²) in [6, 6.07) is 11.5. The number of carbonyl (C=O) groups is 11. The Hall–Kier alpha value is -8.27. The van der Waals surface area contributed by atoms with E-state index in [1.807, 2.05) is 30.3 Å². The average Bonchev–Trinajstić information content (AvgIpc) is 1.55. The molecule has 25 nitrogen and oxygen atoms in total. The number of aromatic hydroxyl groups is 1. The quantitative estimate of drug-likeness (QED) is 0.0432. The third kappa shape index (κ3) is 25.4. The summed E-state index contributed by atoms with van der Waals surface area (Å²) < 4.78 is 10.9. The van der Waals surface area contributed by atoms with E-state index in [1.165, 1.54) is 32.1 Å². The highest BCUT2D eigenvalue weighted by atomic mass is 33.1. The molecule has 0 saturated carbocycles. The van der Waals surface area contributed by atoms with E-state index in [4.69, 9.17) is 9.47 Å². The Morgan fingerprint density at radius 3 is 2.02 bits per heavy atom. The molecule has 27 heteroatoms. The van der Waals surface area contributed by atoms with Gasteiger partial charge in [-0.15, -0.1) is 0 Å². The summed E-state index contributed by atoms with van der Waals surface area (Å²) in [5.74, 6) is -8.85. The molecule has 6 rings (SSSR count). The number of aliphatic hydroxyl groups excluding tert-OH is 2. The summed E-state index contributed by atoms with van der Waals surface area (Å²) in [5.41, 5.74) is 1.81. The van der Waals surface area contributed by atoms with Gasteiger partial charge in [-0.2, -0.15) is 0 Å². The van der Waals surface area contributed by atoms with Crippen LogP contribution in [0.5, 0.6) is 5.75 Å². The highest BCUT2D eigenvalue weighted by Gasteiger charge is 2.38. The zero-order valence-corrected chi connectivity index (χ0v) is 57.4. The van der Waals surface area contributed by atoms with Crippen LogP contribution in [0.2, 0.25) is 0 Å². The van der Waals surface area contributed by atoms with Gasteiger partial charge in [0.1, 0.15) is 53.2 Å². The molecule has 1 saturated heterocycles. The third-order valence-corrected chi connectivity index (χ3v) is 18.2. The number of benzene rings is 3. The Labute approximate surface area is 568 Å². The molecule has 11 N–H and O–H groups in total. The van der Waals surface area contributed by atoms with Gasteiger partial charge in [0.25, 0.3) is 0 Å². The predicted molar refractivity (Wildman–Crippen MR) is 363 cm³/mol. The van der Waals surface area contributed by atoms with Crippen LogP contribution in [0, 0.1) is 5.92 Å². The van der Waals surface area contributed by atoms with E-state index in [2.05, 4.69) is 42.5 Å². The highest BCUT2D eigenvalue weighted by molar-refractivity contribution is 8.76. The largest absolute Gasteiger partial charge is 0.508 e. The second kappa shape index (κ2) is 36.7. The van der Waals surface area contributed by atoms with Crippen LogP contribution < -0.4 is 42.5 Å².